The fraction of sp³-hybridized carbons (Fsp3) is 0.571. The van der Waals surface area contributed by atoms with Crippen LogP contribution in [-0.4, -0.2) is 10.1 Å². The molecule has 20 heavy (non-hydrogen) atoms. The minimum absolute atomic E-state index is 0. The number of aromatic nitrogens is 2. The minimum atomic E-state index is -0.382. The second kappa shape index (κ2) is 5.47. The van der Waals surface area contributed by atoms with Gasteiger partial charge in [-0.1, -0.05) is 24.1 Å². The molecule has 110 valence electrons. The quantitative estimate of drug-likeness (QED) is 0.940. The predicted octanol–water partition coefficient (Wildman–Crippen LogP) is 3.61. The number of halogens is 1. The number of nitrogens with zero attached hydrogens (tertiary/aromatic N) is 2. The summed E-state index contributed by atoms with van der Waals surface area (Å²) in [5.41, 5.74) is 5.74. The van der Waals surface area contributed by atoms with Crippen LogP contribution in [0.1, 0.15) is 56.1 Å². The Morgan fingerprint density at radius 1 is 1.35 bits per heavy atom. The van der Waals surface area contributed by atoms with Crippen molar-refractivity contribution >= 4 is 23.7 Å². The highest BCUT2D eigenvalue weighted by Crippen LogP contribution is 2.37. The van der Waals surface area contributed by atoms with Crippen LogP contribution >= 0.6 is 23.7 Å². The summed E-state index contributed by atoms with van der Waals surface area (Å²) in [5, 5.41) is 6.20. The zero-order valence-electron chi connectivity index (χ0n) is 11.8. The molecule has 0 aromatic carbocycles. The lowest BCUT2D eigenvalue weighted by Crippen LogP contribution is -2.34. The summed E-state index contributed by atoms with van der Waals surface area (Å²) in [6.45, 7) is 4.21. The molecular weight excluding hydrogens is 294 g/mol. The molecule has 4 nitrogen and oxygen atoms in total. The zero-order valence-corrected chi connectivity index (χ0v) is 13.4. The zero-order chi connectivity index (χ0) is 13.5. The molecule has 1 fully saturated rings. The molecule has 2 N–H and O–H groups in total. The van der Waals surface area contributed by atoms with Gasteiger partial charge in [0.2, 0.25) is 5.89 Å². The molecule has 3 rings (SSSR count). The minimum Gasteiger partial charge on any atom is -0.338 e. The normalized spacial score (nSPS) is 17.9. The van der Waals surface area contributed by atoms with Crippen LogP contribution in [0.25, 0.3) is 0 Å². The van der Waals surface area contributed by atoms with E-state index in [9.17, 15) is 0 Å². The maximum Gasteiger partial charge on any atom is 0.237 e. The van der Waals surface area contributed by atoms with Crippen molar-refractivity contribution in [1.29, 1.82) is 0 Å². The van der Waals surface area contributed by atoms with Crippen LogP contribution in [0.3, 0.4) is 0 Å². The Morgan fingerprint density at radius 2 is 2.05 bits per heavy atom. The van der Waals surface area contributed by atoms with Gasteiger partial charge in [-0.05, 0) is 38.1 Å². The van der Waals surface area contributed by atoms with Crippen molar-refractivity contribution in [3.8, 4) is 0 Å². The Hall–Kier alpha value is -0.910. The molecule has 0 aliphatic heterocycles. The third kappa shape index (κ3) is 2.50. The van der Waals surface area contributed by atoms with Crippen molar-refractivity contribution in [2.45, 2.75) is 50.5 Å². The molecule has 0 unspecified atom stereocenters. The number of hydrogen-bond acceptors (Lipinski definition) is 5. The van der Waals surface area contributed by atoms with E-state index in [0.29, 0.717) is 11.7 Å². The van der Waals surface area contributed by atoms with E-state index in [1.165, 1.54) is 4.88 Å². The third-order valence-corrected chi connectivity index (χ3v) is 5.23. The molecule has 6 heteroatoms. The van der Waals surface area contributed by atoms with Gasteiger partial charge in [0.25, 0.3) is 0 Å². The van der Waals surface area contributed by atoms with Crippen molar-refractivity contribution < 1.29 is 4.52 Å². The number of thiophene rings is 1. The maximum atomic E-state index is 6.37. The largest absolute Gasteiger partial charge is 0.338 e. The monoisotopic (exact) mass is 313 g/mol. The summed E-state index contributed by atoms with van der Waals surface area (Å²) in [5.74, 6) is 1.33. The van der Waals surface area contributed by atoms with Crippen molar-refractivity contribution in [3.05, 3.63) is 34.1 Å². The predicted molar refractivity (Wildman–Crippen MR) is 82.3 cm³/mol. The Bertz CT molecular complexity index is 559. The van der Waals surface area contributed by atoms with Gasteiger partial charge in [-0.3, -0.25) is 0 Å². The molecule has 2 aromatic heterocycles. The lowest BCUT2D eigenvalue weighted by atomic mass is 9.91. The highest BCUT2D eigenvalue weighted by Gasteiger charge is 2.38. The first-order valence-electron chi connectivity index (χ1n) is 6.70. The number of nitrogens with two attached hydrogens (primary N) is 1. The molecule has 2 aromatic rings. The van der Waals surface area contributed by atoms with Crippen LogP contribution in [0.4, 0.5) is 0 Å². The molecule has 1 aliphatic carbocycles. The smallest absolute Gasteiger partial charge is 0.237 e. The average molecular weight is 314 g/mol. The number of rotatable bonds is 3. The van der Waals surface area contributed by atoms with E-state index in [1.54, 1.807) is 11.3 Å². The Morgan fingerprint density at radius 3 is 2.65 bits per heavy atom. The molecule has 0 radical (unpaired) electrons. The van der Waals surface area contributed by atoms with E-state index >= 15 is 0 Å². The fourth-order valence-corrected chi connectivity index (χ4v) is 3.49. The Balaban J connectivity index is 0.00000147. The lowest BCUT2D eigenvalue weighted by molar-refractivity contribution is 0.320. The van der Waals surface area contributed by atoms with Crippen molar-refractivity contribution in [1.82, 2.24) is 10.1 Å². The van der Waals surface area contributed by atoms with Crippen LogP contribution in [0.5, 0.6) is 0 Å². The first-order chi connectivity index (χ1) is 9.02. The first kappa shape index (κ1) is 15.5. The summed E-state index contributed by atoms with van der Waals surface area (Å²) in [7, 11) is 0. The third-order valence-electron chi connectivity index (χ3n) is 4.04. The van der Waals surface area contributed by atoms with E-state index in [2.05, 4.69) is 35.4 Å². The highest BCUT2D eigenvalue weighted by molar-refractivity contribution is 7.10. The number of hydrogen-bond donors (Lipinski definition) is 1. The summed E-state index contributed by atoms with van der Waals surface area (Å²) < 4.78 is 5.50. The molecule has 0 amide bonds. The van der Waals surface area contributed by atoms with E-state index in [1.807, 2.05) is 6.07 Å². The van der Waals surface area contributed by atoms with Gasteiger partial charge >= 0.3 is 0 Å². The molecule has 1 saturated carbocycles. The average Bonchev–Trinajstić information content (AvgIpc) is 3.11. The second-order valence-electron chi connectivity index (χ2n) is 5.89. The first-order valence-corrected chi connectivity index (χ1v) is 7.58. The van der Waals surface area contributed by atoms with Gasteiger partial charge in [0, 0.05) is 4.88 Å². The van der Waals surface area contributed by atoms with Gasteiger partial charge in [-0.15, -0.1) is 23.7 Å². The fourth-order valence-electron chi connectivity index (χ4n) is 2.65. The van der Waals surface area contributed by atoms with Crippen LogP contribution in [-0.2, 0) is 11.0 Å². The molecule has 0 saturated heterocycles. The van der Waals surface area contributed by atoms with Gasteiger partial charge in [-0.25, -0.2) is 0 Å². The van der Waals surface area contributed by atoms with Crippen LogP contribution in [0, 0.1) is 0 Å². The van der Waals surface area contributed by atoms with E-state index < -0.39 is 0 Å². The van der Waals surface area contributed by atoms with Gasteiger partial charge in [0.15, 0.2) is 5.82 Å². The SMILES string of the molecule is CC(C)(c1nc(C2(N)CCCC2)no1)c1cccs1.Cl. The lowest BCUT2D eigenvalue weighted by Gasteiger charge is -2.19. The highest BCUT2D eigenvalue weighted by atomic mass is 35.5. The van der Waals surface area contributed by atoms with Crippen molar-refractivity contribution in [3.63, 3.8) is 0 Å². The van der Waals surface area contributed by atoms with Gasteiger partial charge in [-0.2, -0.15) is 4.98 Å². The molecular formula is C14H20ClN3OS. The van der Waals surface area contributed by atoms with Crippen LogP contribution < -0.4 is 5.73 Å². The van der Waals surface area contributed by atoms with Gasteiger partial charge < -0.3 is 10.3 Å². The summed E-state index contributed by atoms with van der Waals surface area (Å²) in [6.07, 6.45) is 4.19. The van der Waals surface area contributed by atoms with E-state index in [4.69, 9.17) is 10.3 Å². The molecule has 0 atom stereocenters. The Labute approximate surface area is 129 Å². The van der Waals surface area contributed by atoms with Crippen LogP contribution in [0.2, 0.25) is 0 Å². The molecule has 2 heterocycles. The maximum absolute atomic E-state index is 6.37. The van der Waals surface area contributed by atoms with Crippen molar-refractivity contribution in [2.75, 3.05) is 0 Å². The molecule has 0 spiro atoms. The van der Waals surface area contributed by atoms with Gasteiger partial charge in [0.05, 0.1) is 11.0 Å². The second-order valence-corrected chi connectivity index (χ2v) is 6.84. The topological polar surface area (TPSA) is 64.9 Å². The van der Waals surface area contributed by atoms with E-state index in [0.717, 1.165) is 25.7 Å². The standard InChI is InChI=1S/C14H19N3OS.ClH/c1-13(2,10-6-5-9-19-10)12-16-11(17-18-12)14(15)7-3-4-8-14;/h5-6,9H,3-4,7-8,15H2,1-2H3;1H. The van der Waals surface area contributed by atoms with E-state index in [-0.39, 0.29) is 23.4 Å². The van der Waals surface area contributed by atoms with Crippen molar-refractivity contribution in [2.24, 2.45) is 5.73 Å². The summed E-state index contributed by atoms with van der Waals surface area (Å²) in [6, 6.07) is 4.14. The van der Waals surface area contributed by atoms with Gasteiger partial charge in [0.1, 0.15) is 0 Å². The molecule has 0 bridgehead atoms. The summed E-state index contributed by atoms with van der Waals surface area (Å²) in [4.78, 5) is 5.82. The van der Waals surface area contributed by atoms with Crippen LogP contribution in [0.15, 0.2) is 22.0 Å². The summed E-state index contributed by atoms with van der Waals surface area (Å²) >= 11 is 1.71. The molecule has 1 aliphatic rings. The Kier molecular flexibility index (Phi) is 4.23.